The van der Waals surface area contributed by atoms with Crippen LogP contribution in [0, 0.1) is 10.1 Å². The van der Waals surface area contributed by atoms with E-state index in [2.05, 4.69) is 4.98 Å². The number of hydrogen-bond donors (Lipinski definition) is 1. The van der Waals surface area contributed by atoms with Crippen molar-refractivity contribution < 1.29 is 9.72 Å². The zero-order chi connectivity index (χ0) is 18.0. The Morgan fingerprint density at radius 1 is 1.12 bits per heavy atom. The molecule has 0 saturated carbocycles. The minimum absolute atomic E-state index is 0.0381. The number of rotatable bonds is 4. The van der Waals surface area contributed by atoms with Gasteiger partial charge < -0.3 is 9.88 Å². The molecule has 2 aromatic carbocycles. The van der Waals surface area contributed by atoms with Gasteiger partial charge in [-0.2, -0.15) is 0 Å². The maximum absolute atomic E-state index is 11.9. The molecule has 6 nitrogen and oxygen atoms in total. The largest absolute Gasteiger partial charge is 0.361 e. The predicted octanol–water partition coefficient (Wildman–Crippen LogP) is 3.84. The van der Waals surface area contributed by atoms with Gasteiger partial charge in [0.1, 0.15) is 0 Å². The highest BCUT2D eigenvalue weighted by Crippen LogP contribution is 2.35. The molecule has 0 fully saturated rings. The number of nitro benzene ring substituents is 1. The predicted molar refractivity (Wildman–Crippen MR) is 98.1 cm³/mol. The third-order valence-corrected chi connectivity index (χ3v) is 3.99. The van der Waals surface area contributed by atoms with Crippen molar-refractivity contribution in [2.24, 2.45) is 0 Å². The van der Waals surface area contributed by atoms with Crippen LogP contribution in [-0.4, -0.2) is 34.8 Å². The van der Waals surface area contributed by atoms with Gasteiger partial charge in [-0.3, -0.25) is 14.9 Å². The first kappa shape index (κ1) is 16.4. The summed E-state index contributed by atoms with van der Waals surface area (Å²) in [6.45, 7) is 0. The molecular formula is C19H17N3O3. The lowest BCUT2D eigenvalue weighted by atomic mass is 9.96. The summed E-state index contributed by atoms with van der Waals surface area (Å²) in [4.78, 5) is 27.5. The van der Waals surface area contributed by atoms with Crippen molar-refractivity contribution in [3.8, 4) is 11.1 Å². The number of carbonyl (C=O) groups is 1. The summed E-state index contributed by atoms with van der Waals surface area (Å²) in [5.74, 6) is -0.234. The van der Waals surface area contributed by atoms with Crippen LogP contribution < -0.4 is 0 Å². The number of nitrogens with one attached hydrogen (secondary N) is 1. The van der Waals surface area contributed by atoms with E-state index in [1.807, 2.05) is 36.5 Å². The number of nitrogens with zero attached hydrogens (tertiary/aromatic N) is 2. The summed E-state index contributed by atoms with van der Waals surface area (Å²) in [6, 6.07) is 12.6. The van der Waals surface area contributed by atoms with Crippen LogP contribution in [0.5, 0.6) is 0 Å². The molecule has 126 valence electrons. The molecule has 0 aliphatic rings. The smallest absolute Gasteiger partial charge is 0.277 e. The van der Waals surface area contributed by atoms with Crippen molar-refractivity contribution in [3.05, 3.63) is 70.4 Å². The van der Waals surface area contributed by atoms with Gasteiger partial charge >= 0.3 is 0 Å². The van der Waals surface area contributed by atoms with E-state index in [-0.39, 0.29) is 11.6 Å². The minimum Gasteiger partial charge on any atom is -0.361 e. The Morgan fingerprint density at radius 3 is 2.56 bits per heavy atom. The summed E-state index contributed by atoms with van der Waals surface area (Å²) in [5.41, 5.74) is 2.82. The molecule has 0 radical (unpaired) electrons. The van der Waals surface area contributed by atoms with E-state index in [1.165, 1.54) is 23.1 Å². The van der Waals surface area contributed by atoms with Gasteiger partial charge in [0.05, 0.1) is 16.0 Å². The quantitative estimate of drug-likeness (QED) is 0.447. The van der Waals surface area contributed by atoms with Crippen LogP contribution in [0.1, 0.15) is 5.56 Å². The van der Waals surface area contributed by atoms with Crippen LogP contribution in [-0.2, 0) is 4.79 Å². The third kappa shape index (κ3) is 3.14. The Labute approximate surface area is 144 Å². The van der Waals surface area contributed by atoms with Crippen molar-refractivity contribution in [2.45, 2.75) is 0 Å². The van der Waals surface area contributed by atoms with Gasteiger partial charge in [0.25, 0.3) is 5.69 Å². The first-order valence-corrected chi connectivity index (χ1v) is 7.72. The van der Waals surface area contributed by atoms with Gasteiger partial charge in [-0.15, -0.1) is 0 Å². The van der Waals surface area contributed by atoms with E-state index in [0.29, 0.717) is 11.1 Å². The molecule has 0 unspecified atom stereocenters. The second kappa shape index (κ2) is 6.60. The molecule has 1 aromatic heterocycles. The Balaban J connectivity index is 2.23. The number of benzene rings is 2. The summed E-state index contributed by atoms with van der Waals surface area (Å²) in [5, 5.41) is 12.5. The number of nitro groups is 1. The normalized spacial score (nSPS) is 11.1. The van der Waals surface area contributed by atoms with E-state index < -0.39 is 4.92 Å². The maximum atomic E-state index is 11.9. The van der Waals surface area contributed by atoms with E-state index in [4.69, 9.17) is 0 Å². The van der Waals surface area contributed by atoms with Crippen molar-refractivity contribution in [2.75, 3.05) is 14.1 Å². The molecule has 1 heterocycles. The second-order valence-electron chi connectivity index (χ2n) is 5.81. The first-order chi connectivity index (χ1) is 12.0. The molecule has 0 saturated heterocycles. The summed E-state index contributed by atoms with van der Waals surface area (Å²) < 4.78 is 0. The fourth-order valence-electron chi connectivity index (χ4n) is 2.74. The number of hydrogen-bond acceptors (Lipinski definition) is 3. The van der Waals surface area contributed by atoms with Gasteiger partial charge in [0, 0.05) is 38.0 Å². The highest BCUT2D eigenvalue weighted by Gasteiger charge is 2.18. The van der Waals surface area contributed by atoms with Crippen molar-refractivity contribution in [3.63, 3.8) is 0 Å². The molecule has 3 aromatic rings. The monoisotopic (exact) mass is 335 g/mol. The molecular weight excluding hydrogens is 318 g/mol. The van der Waals surface area contributed by atoms with Crippen LogP contribution >= 0.6 is 0 Å². The average Bonchev–Trinajstić information content (AvgIpc) is 3.07. The summed E-state index contributed by atoms with van der Waals surface area (Å²) in [7, 11) is 3.26. The second-order valence-corrected chi connectivity index (χ2v) is 5.81. The van der Waals surface area contributed by atoms with Crippen LogP contribution in [0.4, 0.5) is 5.69 Å². The maximum Gasteiger partial charge on any atom is 0.277 e. The average molecular weight is 335 g/mol. The van der Waals surface area contributed by atoms with Gasteiger partial charge in [-0.05, 0) is 23.1 Å². The number of para-hydroxylation sites is 1. The molecule has 0 spiro atoms. The Kier molecular flexibility index (Phi) is 4.35. The van der Waals surface area contributed by atoms with Crippen LogP contribution in [0.2, 0.25) is 0 Å². The molecule has 1 amide bonds. The third-order valence-electron chi connectivity index (χ3n) is 3.99. The highest BCUT2D eigenvalue weighted by molar-refractivity contribution is 5.99. The summed E-state index contributed by atoms with van der Waals surface area (Å²) in [6.07, 6.45) is 4.69. The zero-order valence-electron chi connectivity index (χ0n) is 13.9. The van der Waals surface area contributed by atoms with Gasteiger partial charge in [0.2, 0.25) is 5.91 Å². The van der Waals surface area contributed by atoms with E-state index in [9.17, 15) is 14.9 Å². The molecule has 0 aliphatic heterocycles. The number of amides is 1. The van der Waals surface area contributed by atoms with Gasteiger partial charge in [-0.25, -0.2) is 0 Å². The lowest BCUT2D eigenvalue weighted by molar-refractivity contribution is -0.385. The molecule has 3 rings (SSSR count). The lowest BCUT2D eigenvalue weighted by Gasteiger charge is -2.10. The molecule has 25 heavy (non-hydrogen) atoms. The number of aromatic amines is 1. The zero-order valence-corrected chi connectivity index (χ0v) is 13.9. The lowest BCUT2D eigenvalue weighted by Crippen LogP contribution is -2.18. The van der Waals surface area contributed by atoms with Crippen molar-refractivity contribution in [1.82, 2.24) is 9.88 Å². The SMILES string of the molecule is CN(C)C(=O)/C=C/c1c(-c2cccc3cc[nH]c23)cccc1[N+](=O)[O-]. The van der Waals surface area contributed by atoms with Crippen molar-refractivity contribution >= 4 is 28.6 Å². The molecule has 0 atom stereocenters. The summed E-state index contributed by atoms with van der Waals surface area (Å²) >= 11 is 0. The molecule has 0 aliphatic carbocycles. The fraction of sp³-hybridized carbons (Fsp3) is 0.105. The van der Waals surface area contributed by atoms with Gasteiger partial charge in [0.15, 0.2) is 0 Å². The van der Waals surface area contributed by atoms with E-state index in [0.717, 1.165) is 16.5 Å². The Hall–Kier alpha value is -3.41. The number of likely N-dealkylation sites (N-methyl/N-ethyl adjacent to an activating group) is 1. The van der Waals surface area contributed by atoms with Crippen LogP contribution in [0.25, 0.3) is 28.1 Å². The number of H-pyrrole nitrogens is 1. The van der Waals surface area contributed by atoms with Crippen LogP contribution in [0.15, 0.2) is 54.7 Å². The molecule has 1 N–H and O–H groups in total. The topological polar surface area (TPSA) is 79.2 Å². The highest BCUT2D eigenvalue weighted by atomic mass is 16.6. The standard InChI is InChI=1S/C19H17N3O3/c1-21(2)18(23)10-9-15-14(6-4-8-17(15)22(24)25)16-7-3-5-13-11-12-20-19(13)16/h3-12,20H,1-2H3/b10-9+. The van der Waals surface area contributed by atoms with E-state index >= 15 is 0 Å². The Bertz CT molecular complexity index is 986. The number of aromatic nitrogens is 1. The van der Waals surface area contributed by atoms with Gasteiger partial charge in [-0.1, -0.05) is 30.3 Å². The molecule has 0 bridgehead atoms. The fourth-order valence-corrected chi connectivity index (χ4v) is 2.74. The molecule has 6 heteroatoms. The minimum atomic E-state index is -0.432. The first-order valence-electron chi connectivity index (χ1n) is 7.72. The van der Waals surface area contributed by atoms with Crippen molar-refractivity contribution in [1.29, 1.82) is 0 Å². The number of carbonyl (C=O) groups excluding carboxylic acids is 1. The van der Waals surface area contributed by atoms with Crippen LogP contribution in [0.3, 0.4) is 0 Å². The number of fused-ring (bicyclic) bond motifs is 1. The Morgan fingerprint density at radius 2 is 1.84 bits per heavy atom. The van der Waals surface area contributed by atoms with E-state index in [1.54, 1.807) is 20.2 Å².